The molecule has 4 aliphatic heterocycles. The van der Waals surface area contributed by atoms with Crippen molar-refractivity contribution < 1.29 is 14.6 Å². The lowest BCUT2D eigenvalue weighted by Gasteiger charge is -2.66. The summed E-state index contributed by atoms with van der Waals surface area (Å²) in [6.45, 7) is 5.04. The van der Waals surface area contributed by atoms with E-state index in [0.717, 1.165) is 56.7 Å². The Bertz CT molecular complexity index is 1260. The Morgan fingerprint density at radius 2 is 1.97 bits per heavy atom. The number of ether oxygens (including phenoxy) is 1. The van der Waals surface area contributed by atoms with Gasteiger partial charge in [0.15, 0.2) is 11.5 Å². The molecule has 0 unspecified atom stereocenters. The summed E-state index contributed by atoms with van der Waals surface area (Å²) in [4.78, 5) is 27.5. The zero-order chi connectivity index (χ0) is 24.2. The maximum atomic E-state index is 13.8. The molecule has 36 heavy (non-hydrogen) atoms. The van der Waals surface area contributed by atoms with Crippen molar-refractivity contribution in [3.05, 3.63) is 47.0 Å². The van der Waals surface area contributed by atoms with E-state index in [1.807, 2.05) is 13.0 Å². The van der Waals surface area contributed by atoms with Crippen molar-refractivity contribution in [2.45, 2.75) is 81.9 Å². The molecule has 1 aromatic heterocycles. The summed E-state index contributed by atoms with van der Waals surface area (Å²) in [7, 11) is 0. The van der Waals surface area contributed by atoms with Gasteiger partial charge in [-0.2, -0.15) is 0 Å². The highest BCUT2D eigenvalue weighted by molar-refractivity contribution is 5.79. The molecule has 0 radical (unpaired) electrons. The predicted octanol–water partition coefficient (Wildman–Crippen LogP) is 3.15. The Morgan fingerprint density at radius 3 is 2.78 bits per heavy atom. The van der Waals surface area contributed by atoms with Crippen LogP contribution >= 0.6 is 0 Å². The van der Waals surface area contributed by atoms with Gasteiger partial charge in [0.05, 0.1) is 12.5 Å². The Hall–Kier alpha value is -2.67. The number of aryl methyl sites for hydroxylation is 1. The first kappa shape index (κ1) is 21.4. The lowest BCUT2D eigenvalue weighted by Crippen LogP contribution is -2.72. The third-order valence-corrected chi connectivity index (χ3v) is 10.7. The van der Waals surface area contributed by atoms with Gasteiger partial charge in [0.2, 0.25) is 5.91 Å². The first-order chi connectivity index (χ1) is 17.5. The van der Waals surface area contributed by atoms with E-state index < -0.39 is 0 Å². The average Bonchev–Trinajstić information content (AvgIpc) is 3.66. The summed E-state index contributed by atoms with van der Waals surface area (Å²) in [5.74, 6) is 2.51. The quantitative estimate of drug-likeness (QED) is 0.715. The fraction of sp³-hybridized carbons (Fsp3) is 0.621. The molecule has 2 spiro atoms. The van der Waals surface area contributed by atoms with E-state index in [4.69, 9.17) is 4.74 Å². The molecule has 2 saturated carbocycles. The standard InChI is InChI=1S/C29H34N4O3/c1-17-14-30-23(31-15-17)13-24(35)33-11-8-28-7-6-20(33)27-29(28)9-10-32(16-18-2-3-18)22(28)12-19-4-5-21(34)26(36-27)25(19)29/h4-5,14-15,18,20,22,27,34H,2-3,6-13,16H2,1H3/t20-,22-,27+,28-,29+/m1/s1. The number of hydrogen-bond acceptors (Lipinski definition) is 6. The zero-order valence-electron chi connectivity index (χ0n) is 20.9. The summed E-state index contributed by atoms with van der Waals surface area (Å²) in [6, 6.07) is 4.48. The lowest BCUT2D eigenvalue weighted by atomic mass is 9.42. The van der Waals surface area contributed by atoms with Crippen molar-refractivity contribution >= 4 is 5.91 Å². The summed E-state index contributed by atoms with van der Waals surface area (Å²) < 4.78 is 6.80. The number of rotatable bonds is 4. The maximum Gasteiger partial charge on any atom is 0.230 e. The van der Waals surface area contributed by atoms with Crippen LogP contribution < -0.4 is 4.74 Å². The van der Waals surface area contributed by atoms with Gasteiger partial charge in [0.1, 0.15) is 11.9 Å². The molecule has 5 fully saturated rings. The van der Waals surface area contributed by atoms with E-state index in [1.54, 1.807) is 12.4 Å². The number of fused-ring (bicyclic) bond motifs is 3. The molecule has 3 saturated heterocycles. The van der Waals surface area contributed by atoms with Crippen LogP contribution in [0.25, 0.3) is 0 Å². The van der Waals surface area contributed by atoms with Crippen LogP contribution in [0.15, 0.2) is 24.5 Å². The maximum absolute atomic E-state index is 13.8. The Kier molecular flexibility index (Phi) is 4.29. The Morgan fingerprint density at radius 1 is 1.14 bits per heavy atom. The van der Waals surface area contributed by atoms with Crippen LogP contribution in [0, 0.1) is 18.3 Å². The van der Waals surface area contributed by atoms with Gasteiger partial charge in [-0.3, -0.25) is 9.69 Å². The number of carbonyl (C=O) groups is 1. The SMILES string of the molecule is Cc1cnc(CC(=O)N2CC[C@@]34CC[C@@H]2[C@@H]2Oc5c(O)ccc6c5[C@@]23CCN(CC2CC2)[C@@H]4C6)nc1. The molecule has 7 nitrogen and oxygen atoms in total. The molecule has 5 heterocycles. The number of hydrogen-bond donors (Lipinski definition) is 1. The molecule has 2 aromatic rings. The number of benzene rings is 1. The second kappa shape index (κ2) is 7.21. The Balaban J connectivity index is 1.23. The van der Waals surface area contributed by atoms with Crippen LogP contribution in [0.2, 0.25) is 0 Å². The van der Waals surface area contributed by atoms with Crippen molar-refractivity contribution in [2.24, 2.45) is 11.3 Å². The van der Waals surface area contributed by atoms with Gasteiger partial charge < -0.3 is 14.7 Å². The highest BCUT2D eigenvalue weighted by Crippen LogP contribution is 2.71. The number of nitrogens with zero attached hydrogens (tertiary/aromatic N) is 4. The third-order valence-electron chi connectivity index (χ3n) is 10.7. The van der Waals surface area contributed by atoms with Crippen LogP contribution in [0.5, 0.6) is 11.5 Å². The number of aromatic nitrogens is 2. The molecule has 3 aliphatic carbocycles. The van der Waals surface area contributed by atoms with Crippen LogP contribution in [0.3, 0.4) is 0 Å². The molecule has 188 valence electrons. The molecule has 9 rings (SSSR count). The van der Waals surface area contributed by atoms with E-state index >= 15 is 0 Å². The molecule has 1 N–H and O–H groups in total. The topological polar surface area (TPSA) is 78.8 Å². The van der Waals surface area contributed by atoms with Crippen LogP contribution in [0.1, 0.15) is 61.0 Å². The molecule has 7 aliphatic rings. The number of aromatic hydroxyl groups is 1. The van der Waals surface area contributed by atoms with Crippen molar-refractivity contribution in [3.63, 3.8) is 0 Å². The Labute approximate surface area is 211 Å². The minimum absolute atomic E-state index is 0.0203. The highest BCUT2D eigenvalue weighted by atomic mass is 16.5. The number of amides is 1. The fourth-order valence-corrected chi connectivity index (χ4v) is 9.05. The van der Waals surface area contributed by atoms with E-state index in [1.165, 1.54) is 30.5 Å². The minimum atomic E-state index is -0.113. The molecule has 1 amide bonds. The van der Waals surface area contributed by atoms with Gasteiger partial charge >= 0.3 is 0 Å². The summed E-state index contributed by atoms with van der Waals surface area (Å²) in [5, 5.41) is 10.9. The number of likely N-dealkylation sites (tertiary alicyclic amines) is 1. The van der Waals surface area contributed by atoms with Gasteiger partial charge in [0, 0.05) is 47.9 Å². The summed E-state index contributed by atoms with van der Waals surface area (Å²) in [5.41, 5.74) is 3.62. The van der Waals surface area contributed by atoms with Crippen LogP contribution in [-0.2, 0) is 23.1 Å². The van der Waals surface area contributed by atoms with E-state index in [2.05, 4.69) is 25.8 Å². The van der Waals surface area contributed by atoms with E-state index in [9.17, 15) is 9.90 Å². The third kappa shape index (κ3) is 2.65. The normalized spacial score (nSPS) is 35.8. The van der Waals surface area contributed by atoms with Gasteiger partial charge in [-0.15, -0.1) is 0 Å². The van der Waals surface area contributed by atoms with Crippen LogP contribution in [-0.4, -0.2) is 68.6 Å². The zero-order valence-corrected chi connectivity index (χ0v) is 20.9. The van der Waals surface area contributed by atoms with E-state index in [0.29, 0.717) is 17.6 Å². The van der Waals surface area contributed by atoms with E-state index in [-0.39, 0.29) is 41.1 Å². The van der Waals surface area contributed by atoms with Crippen molar-refractivity contribution in [2.75, 3.05) is 19.6 Å². The van der Waals surface area contributed by atoms with Crippen molar-refractivity contribution in [3.8, 4) is 11.5 Å². The lowest BCUT2D eigenvalue weighted by molar-refractivity contribution is -0.143. The van der Waals surface area contributed by atoms with Gasteiger partial charge in [-0.05, 0) is 81.5 Å². The molecule has 7 heteroatoms. The highest BCUT2D eigenvalue weighted by Gasteiger charge is 2.74. The van der Waals surface area contributed by atoms with Crippen LogP contribution in [0.4, 0.5) is 0 Å². The monoisotopic (exact) mass is 486 g/mol. The van der Waals surface area contributed by atoms with Gasteiger partial charge in [-0.25, -0.2) is 9.97 Å². The number of phenols is 1. The average molecular weight is 487 g/mol. The largest absolute Gasteiger partial charge is 0.504 e. The number of piperidine rings is 1. The second-order valence-electron chi connectivity index (χ2n) is 12.3. The van der Waals surface area contributed by atoms with Gasteiger partial charge in [-0.1, -0.05) is 6.07 Å². The molecule has 1 aromatic carbocycles. The van der Waals surface area contributed by atoms with Crippen molar-refractivity contribution in [1.82, 2.24) is 19.8 Å². The minimum Gasteiger partial charge on any atom is -0.504 e. The fourth-order valence-electron chi connectivity index (χ4n) is 9.05. The smallest absolute Gasteiger partial charge is 0.230 e. The summed E-state index contributed by atoms with van der Waals surface area (Å²) in [6.07, 6.45) is 11.6. The molecular weight excluding hydrogens is 452 g/mol. The first-order valence-corrected chi connectivity index (χ1v) is 13.8. The number of carbonyl (C=O) groups excluding carboxylic acids is 1. The number of phenolic OH excluding ortho intramolecular Hbond substituents is 1. The predicted molar refractivity (Wildman–Crippen MR) is 133 cm³/mol. The van der Waals surface area contributed by atoms with Gasteiger partial charge in [0.25, 0.3) is 0 Å². The molecular formula is C29H34N4O3. The molecule has 4 bridgehead atoms. The van der Waals surface area contributed by atoms with Crippen molar-refractivity contribution in [1.29, 1.82) is 0 Å². The first-order valence-electron chi connectivity index (χ1n) is 13.8. The second-order valence-corrected chi connectivity index (χ2v) is 12.3. The molecule has 5 atom stereocenters. The summed E-state index contributed by atoms with van der Waals surface area (Å²) >= 11 is 0.